The summed E-state index contributed by atoms with van der Waals surface area (Å²) in [5.41, 5.74) is -0.394. The predicted molar refractivity (Wildman–Crippen MR) is 65.2 cm³/mol. The topological polar surface area (TPSA) is 53.5 Å². The summed E-state index contributed by atoms with van der Waals surface area (Å²) in [6.07, 6.45) is 1.15. The lowest BCUT2D eigenvalue weighted by atomic mass is 9.92. The second-order valence-corrected chi connectivity index (χ2v) is 5.29. The highest BCUT2D eigenvalue weighted by Gasteiger charge is 2.26. The van der Waals surface area contributed by atoms with E-state index in [0.717, 1.165) is 23.9 Å². The van der Waals surface area contributed by atoms with Gasteiger partial charge in [-0.1, -0.05) is 11.8 Å². The summed E-state index contributed by atoms with van der Waals surface area (Å²) in [6.45, 7) is 5.37. The van der Waals surface area contributed by atoms with Gasteiger partial charge in [0.05, 0.1) is 5.41 Å². The summed E-state index contributed by atoms with van der Waals surface area (Å²) in [6, 6.07) is 0. The Bertz CT molecular complexity index is 263. The Labute approximate surface area is 95.3 Å². The molecule has 15 heavy (non-hydrogen) atoms. The molecule has 1 amide bonds. The monoisotopic (exact) mass is 229 g/mol. The van der Waals surface area contributed by atoms with Crippen LogP contribution in [0.3, 0.4) is 0 Å². The molecule has 0 aromatic rings. The average molecular weight is 229 g/mol. The molecule has 0 fully saturated rings. The zero-order valence-electron chi connectivity index (χ0n) is 9.59. The van der Waals surface area contributed by atoms with Crippen molar-refractivity contribution in [1.29, 1.82) is 0 Å². The molecule has 0 aromatic heterocycles. The molecule has 1 heterocycles. The van der Waals surface area contributed by atoms with Gasteiger partial charge in [0.15, 0.2) is 5.17 Å². The minimum Gasteiger partial charge on any atom is -0.364 e. The van der Waals surface area contributed by atoms with E-state index in [2.05, 4.69) is 15.6 Å². The highest BCUT2D eigenvalue weighted by atomic mass is 32.2. The van der Waals surface area contributed by atoms with E-state index in [4.69, 9.17) is 0 Å². The van der Waals surface area contributed by atoms with Crippen LogP contribution in [0.5, 0.6) is 0 Å². The standard InChI is InChI=1S/C10H19N3OS/c1-10(2,8(14)11-3)7-13-9-12-5-4-6-15-9/h4-7H2,1-3H3,(H,11,14)(H,12,13). The first-order valence-electron chi connectivity index (χ1n) is 5.19. The van der Waals surface area contributed by atoms with Crippen molar-refractivity contribution in [3.05, 3.63) is 0 Å². The number of carbonyl (C=O) groups is 1. The van der Waals surface area contributed by atoms with Crippen molar-refractivity contribution in [2.24, 2.45) is 10.4 Å². The van der Waals surface area contributed by atoms with Crippen molar-refractivity contribution in [3.8, 4) is 0 Å². The number of aliphatic imine (C=N–C) groups is 1. The zero-order chi connectivity index (χ0) is 11.3. The molecule has 0 saturated carbocycles. The quantitative estimate of drug-likeness (QED) is 0.754. The molecule has 0 aromatic carbocycles. The van der Waals surface area contributed by atoms with Gasteiger partial charge in [0.2, 0.25) is 5.91 Å². The first kappa shape index (κ1) is 12.4. The molecular formula is C10H19N3OS. The van der Waals surface area contributed by atoms with E-state index >= 15 is 0 Å². The number of hydrogen-bond donors (Lipinski definition) is 2. The van der Waals surface area contributed by atoms with Crippen LogP contribution in [0.2, 0.25) is 0 Å². The largest absolute Gasteiger partial charge is 0.364 e. The summed E-state index contributed by atoms with van der Waals surface area (Å²) in [4.78, 5) is 15.9. The second-order valence-electron chi connectivity index (χ2n) is 4.21. The fraction of sp³-hybridized carbons (Fsp3) is 0.800. The Kier molecular flexibility index (Phi) is 4.45. The van der Waals surface area contributed by atoms with Crippen LogP contribution in [0.15, 0.2) is 4.99 Å². The highest BCUT2D eigenvalue weighted by molar-refractivity contribution is 8.13. The van der Waals surface area contributed by atoms with Crippen LogP contribution >= 0.6 is 11.8 Å². The van der Waals surface area contributed by atoms with Gasteiger partial charge in [-0.2, -0.15) is 0 Å². The summed E-state index contributed by atoms with van der Waals surface area (Å²) < 4.78 is 0. The van der Waals surface area contributed by atoms with E-state index in [9.17, 15) is 4.79 Å². The van der Waals surface area contributed by atoms with Gasteiger partial charge in [-0.05, 0) is 20.3 Å². The van der Waals surface area contributed by atoms with Crippen LogP contribution in [0.1, 0.15) is 20.3 Å². The average Bonchev–Trinajstić information content (AvgIpc) is 2.27. The van der Waals surface area contributed by atoms with Crippen molar-refractivity contribution in [3.63, 3.8) is 0 Å². The molecule has 1 aliphatic rings. The van der Waals surface area contributed by atoms with Crippen LogP contribution in [0.4, 0.5) is 0 Å². The third kappa shape index (κ3) is 3.74. The molecule has 1 rings (SSSR count). The lowest BCUT2D eigenvalue weighted by molar-refractivity contribution is -0.128. The Morgan fingerprint density at radius 1 is 1.60 bits per heavy atom. The number of carbonyl (C=O) groups excluding carboxylic acids is 1. The molecule has 0 aliphatic carbocycles. The molecule has 5 heteroatoms. The van der Waals surface area contributed by atoms with Crippen LogP contribution < -0.4 is 10.6 Å². The van der Waals surface area contributed by atoms with Gasteiger partial charge in [-0.3, -0.25) is 9.79 Å². The van der Waals surface area contributed by atoms with E-state index in [1.54, 1.807) is 18.8 Å². The molecule has 0 atom stereocenters. The maximum absolute atomic E-state index is 11.5. The van der Waals surface area contributed by atoms with Crippen molar-refractivity contribution in [2.75, 3.05) is 25.9 Å². The van der Waals surface area contributed by atoms with Crippen LogP contribution in [0, 0.1) is 5.41 Å². The second kappa shape index (κ2) is 5.39. The molecule has 0 spiro atoms. The minimum absolute atomic E-state index is 0.0522. The smallest absolute Gasteiger partial charge is 0.227 e. The molecule has 4 nitrogen and oxygen atoms in total. The fourth-order valence-electron chi connectivity index (χ4n) is 1.28. The maximum Gasteiger partial charge on any atom is 0.227 e. The van der Waals surface area contributed by atoms with Gasteiger partial charge in [0.25, 0.3) is 0 Å². The summed E-state index contributed by atoms with van der Waals surface area (Å²) in [7, 11) is 1.66. The Balaban J connectivity index is 2.41. The van der Waals surface area contributed by atoms with Crippen LogP contribution in [-0.2, 0) is 4.79 Å². The number of amidine groups is 1. The molecule has 0 saturated heterocycles. The predicted octanol–water partition coefficient (Wildman–Crippen LogP) is 0.841. The molecule has 0 radical (unpaired) electrons. The first-order valence-corrected chi connectivity index (χ1v) is 6.18. The van der Waals surface area contributed by atoms with Gasteiger partial charge >= 0.3 is 0 Å². The van der Waals surface area contributed by atoms with Gasteiger partial charge in [0, 0.05) is 25.9 Å². The van der Waals surface area contributed by atoms with E-state index in [1.165, 1.54) is 0 Å². The van der Waals surface area contributed by atoms with Crippen molar-refractivity contribution in [2.45, 2.75) is 20.3 Å². The molecular weight excluding hydrogens is 210 g/mol. The number of amides is 1. The number of rotatable bonds is 3. The third-order valence-corrected chi connectivity index (χ3v) is 3.36. The Morgan fingerprint density at radius 3 is 2.87 bits per heavy atom. The normalized spacial score (nSPS) is 16.9. The van der Waals surface area contributed by atoms with E-state index in [-0.39, 0.29) is 5.91 Å². The van der Waals surface area contributed by atoms with Crippen molar-refractivity contribution in [1.82, 2.24) is 10.6 Å². The zero-order valence-corrected chi connectivity index (χ0v) is 10.4. The molecule has 0 unspecified atom stereocenters. The Morgan fingerprint density at radius 2 is 2.33 bits per heavy atom. The molecule has 86 valence electrons. The van der Waals surface area contributed by atoms with E-state index in [1.807, 2.05) is 13.8 Å². The van der Waals surface area contributed by atoms with Gasteiger partial charge in [-0.25, -0.2) is 0 Å². The Hall–Kier alpha value is -0.710. The molecule has 2 N–H and O–H groups in total. The van der Waals surface area contributed by atoms with Crippen molar-refractivity contribution < 1.29 is 4.79 Å². The summed E-state index contributed by atoms with van der Waals surface area (Å²) in [5.74, 6) is 1.17. The number of nitrogens with zero attached hydrogens (tertiary/aromatic N) is 1. The lowest BCUT2D eigenvalue weighted by Crippen LogP contribution is -2.43. The van der Waals surface area contributed by atoms with Gasteiger partial charge < -0.3 is 10.6 Å². The molecule has 1 aliphatic heterocycles. The van der Waals surface area contributed by atoms with Crippen LogP contribution in [0.25, 0.3) is 0 Å². The number of thioether (sulfide) groups is 1. The van der Waals surface area contributed by atoms with Crippen LogP contribution in [-0.4, -0.2) is 37.0 Å². The van der Waals surface area contributed by atoms with Gasteiger partial charge in [-0.15, -0.1) is 0 Å². The number of nitrogens with one attached hydrogen (secondary N) is 2. The van der Waals surface area contributed by atoms with E-state index < -0.39 is 5.41 Å². The summed E-state index contributed by atoms with van der Waals surface area (Å²) in [5, 5.41) is 6.87. The third-order valence-electron chi connectivity index (χ3n) is 2.32. The maximum atomic E-state index is 11.5. The molecule has 0 bridgehead atoms. The highest BCUT2D eigenvalue weighted by Crippen LogP contribution is 2.15. The van der Waals surface area contributed by atoms with E-state index in [0.29, 0.717) is 6.54 Å². The van der Waals surface area contributed by atoms with Crippen molar-refractivity contribution >= 4 is 22.8 Å². The lowest BCUT2D eigenvalue weighted by Gasteiger charge is -2.24. The number of hydrogen-bond acceptors (Lipinski definition) is 4. The first-order chi connectivity index (χ1) is 7.06. The minimum atomic E-state index is -0.394. The SMILES string of the molecule is CNC(=O)C(C)(C)CNC1=NCCCS1. The summed E-state index contributed by atoms with van der Waals surface area (Å²) >= 11 is 1.73. The fourth-order valence-corrected chi connectivity index (χ4v) is 2.11. The van der Waals surface area contributed by atoms with Gasteiger partial charge in [0.1, 0.15) is 0 Å².